The number of benzene rings is 4. The summed E-state index contributed by atoms with van der Waals surface area (Å²) >= 11 is 0. The summed E-state index contributed by atoms with van der Waals surface area (Å²) in [6, 6.07) is 21.2. The SMILES string of the molecule is N#Cc1c(F)c(F)c(F)c(-n2c3ccccc3c3c4oc5ccccc5c4ccc32)c1C#N. The van der Waals surface area contributed by atoms with Gasteiger partial charge in [-0.3, -0.25) is 0 Å². The highest BCUT2D eigenvalue weighted by molar-refractivity contribution is 6.23. The van der Waals surface area contributed by atoms with E-state index in [-0.39, 0.29) is 0 Å². The summed E-state index contributed by atoms with van der Waals surface area (Å²) in [7, 11) is 0. The topological polar surface area (TPSA) is 65.7 Å². The molecule has 2 heterocycles. The molecule has 0 spiro atoms. The molecule has 0 aliphatic carbocycles. The molecule has 2 aromatic heterocycles. The van der Waals surface area contributed by atoms with Crippen molar-refractivity contribution < 1.29 is 17.6 Å². The molecule has 0 unspecified atom stereocenters. The Morgan fingerprint density at radius 1 is 0.667 bits per heavy atom. The number of nitriles is 2. The molecule has 0 bridgehead atoms. The van der Waals surface area contributed by atoms with E-state index in [1.165, 1.54) is 10.6 Å². The molecule has 4 nitrogen and oxygen atoms in total. The van der Waals surface area contributed by atoms with Crippen LogP contribution in [-0.4, -0.2) is 4.57 Å². The number of rotatable bonds is 1. The Morgan fingerprint density at radius 2 is 1.36 bits per heavy atom. The summed E-state index contributed by atoms with van der Waals surface area (Å²) in [5.41, 5.74) is 0.141. The number of nitrogens with zero attached hydrogens (tertiary/aromatic N) is 3. The van der Waals surface area contributed by atoms with Gasteiger partial charge in [-0.1, -0.05) is 36.4 Å². The van der Waals surface area contributed by atoms with Gasteiger partial charge in [0.25, 0.3) is 0 Å². The maximum absolute atomic E-state index is 15.2. The molecule has 0 atom stereocenters. The van der Waals surface area contributed by atoms with Crippen molar-refractivity contribution in [1.29, 1.82) is 10.5 Å². The Hall–Kier alpha value is -4.75. The Kier molecular flexibility index (Phi) is 3.81. The summed E-state index contributed by atoms with van der Waals surface area (Å²) in [5, 5.41) is 22.1. The lowest BCUT2D eigenvalue weighted by atomic mass is 10.0. The van der Waals surface area contributed by atoms with Gasteiger partial charge in [-0.05, 0) is 24.3 Å². The van der Waals surface area contributed by atoms with Crippen molar-refractivity contribution in [3.05, 3.63) is 89.2 Å². The van der Waals surface area contributed by atoms with Gasteiger partial charge in [0.15, 0.2) is 17.5 Å². The first-order chi connectivity index (χ1) is 16.1. The fourth-order valence-electron chi connectivity index (χ4n) is 4.55. The van der Waals surface area contributed by atoms with Gasteiger partial charge in [0, 0.05) is 16.2 Å². The number of para-hydroxylation sites is 2. The van der Waals surface area contributed by atoms with Gasteiger partial charge in [0.1, 0.15) is 40.1 Å². The molecule has 33 heavy (non-hydrogen) atoms. The Labute approximate surface area is 183 Å². The molecule has 0 N–H and O–H groups in total. The van der Waals surface area contributed by atoms with Crippen LogP contribution in [0.15, 0.2) is 65.1 Å². The molecule has 6 aromatic rings. The van der Waals surface area contributed by atoms with Crippen LogP contribution in [0.25, 0.3) is 49.4 Å². The maximum Gasteiger partial charge on any atom is 0.198 e. The van der Waals surface area contributed by atoms with Crippen molar-refractivity contribution in [2.24, 2.45) is 0 Å². The lowest BCUT2D eigenvalue weighted by Gasteiger charge is -2.13. The highest BCUT2D eigenvalue weighted by Crippen LogP contribution is 2.41. The monoisotopic (exact) mass is 437 g/mol. The summed E-state index contributed by atoms with van der Waals surface area (Å²) in [6.07, 6.45) is 0. The second-order valence-electron chi connectivity index (χ2n) is 7.55. The largest absolute Gasteiger partial charge is 0.455 e. The number of aromatic nitrogens is 1. The van der Waals surface area contributed by atoms with Crippen LogP contribution in [0.1, 0.15) is 11.1 Å². The van der Waals surface area contributed by atoms with Gasteiger partial charge < -0.3 is 8.98 Å². The molecule has 0 aliphatic rings. The quantitative estimate of drug-likeness (QED) is 0.264. The number of furan rings is 1. The Morgan fingerprint density at radius 3 is 2.12 bits per heavy atom. The van der Waals surface area contributed by atoms with E-state index in [9.17, 15) is 19.3 Å². The van der Waals surface area contributed by atoms with E-state index in [2.05, 4.69) is 0 Å². The van der Waals surface area contributed by atoms with Crippen LogP contribution in [0.2, 0.25) is 0 Å². The smallest absolute Gasteiger partial charge is 0.198 e. The Bertz CT molecular complexity index is 1880. The van der Waals surface area contributed by atoms with Crippen LogP contribution < -0.4 is 0 Å². The van der Waals surface area contributed by atoms with E-state index in [0.717, 1.165) is 10.8 Å². The number of hydrogen-bond donors (Lipinski definition) is 0. The molecule has 0 fully saturated rings. The number of fused-ring (bicyclic) bond motifs is 7. The highest BCUT2D eigenvalue weighted by atomic mass is 19.2. The molecule has 7 heteroatoms. The van der Waals surface area contributed by atoms with E-state index in [1.54, 1.807) is 42.5 Å². The van der Waals surface area contributed by atoms with Crippen LogP contribution in [0.3, 0.4) is 0 Å². The van der Waals surface area contributed by atoms with Crippen LogP contribution in [0.5, 0.6) is 0 Å². The van der Waals surface area contributed by atoms with Crippen LogP contribution >= 0.6 is 0 Å². The predicted molar refractivity (Wildman–Crippen MR) is 117 cm³/mol. The third kappa shape index (κ3) is 2.34. The average Bonchev–Trinajstić information content (AvgIpc) is 3.38. The van der Waals surface area contributed by atoms with Crippen molar-refractivity contribution in [2.75, 3.05) is 0 Å². The van der Waals surface area contributed by atoms with Gasteiger partial charge in [-0.25, -0.2) is 13.2 Å². The van der Waals surface area contributed by atoms with Gasteiger partial charge in [-0.15, -0.1) is 0 Å². The zero-order valence-corrected chi connectivity index (χ0v) is 16.7. The van der Waals surface area contributed by atoms with E-state index >= 15 is 4.39 Å². The Balaban J connectivity index is 1.89. The van der Waals surface area contributed by atoms with E-state index in [4.69, 9.17) is 4.42 Å². The molecule has 0 saturated carbocycles. The molecule has 0 aliphatic heterocycles. The second kappa shape index (κ2) is 6.62. The maximum atomic E-state index is 15.2. The van der Waals surface area contributed by atoms with Crippen LogP contribution in [0.4, 0.5) is 13.2 Å². The number of hydrogen-bond acceptors (Lipinski definition) is 3. The standard InChI is InChI=1S/C26H10F3N3O/c27-22-16(11-30)17(12-31)25(24(29)23(22)28)32-18-7-3-1-6-15(18)21-19(32)10-9-14-13-5-2-4-8-20(13)33-26(14)21/h1-10H. The van der Waals surface area contributed by atoms with E-state index in [0.29, 0.717) is 33.0 Å². The van der Waals surface area contributed by atoms with Crippen LogP contribution in [-0.2, 0) is 0 Å². The first-order valence-corrected chi connectivity index (χ1v) is 9.91. The molecular weight excluding hydrogens is 427 g/mol. The fraction of sp³-hybridized carbons (Fsp3) is 0. The first kappa shape index (κ1) is 19.0. The molecule has 6 rings (SSSR count). The van der Waals surface area contributed by atoms with Gasteiger partial charge >= 0.3 is 0 Å². The van der Waals surface area contributed by atoms with E-state index < -0.39 is 34.3 Å². The van der Waals surface area contributed by atoms with Crippen molar-refractivity contribution in [3.63, 3.8) is 0 Å². The second-order valence-corrected chi connectivity index (χ2v) is 7.55. The normalized spacial score (nSPS) is 11.4. The summed E-state index contributed by atoms with van der Waals surface area (Å²) in [6.45, 7) is 0. The lowest BCUT2D eigenvalue weighted by molar-refractivity contribution is 0.443. The predicted octanol–water partition coefficient (Wildman–Crippen LogP) is 6.84. The van der Waals surface area contributed by atoms with Crippen molar-refractivity contribution in [3.8, 4) is 17.8 Å². The average molecular weight is 437 g/mol. The fourth-order valence-corrected chi connectivity index (χ4v) is 4.55. The zero-order chi connectivity index (χ0) is 22.9. The molecule has 0 amide bonds. The van der Waals surface area contributed by atoms with Crippen molar-refractivity contribution in [2.45, 2.75) is 0 Å². The minimum atomic E-state index is -1.81. The first-order valence-electron chi connectivity index (χ1n) is 9.91. The van der Waals surface area contributed by atoms with E-state index in [1.807, 2.05) is 24.3 Å². The van der Waals surface area contributed by atoms with Crippen molar-refractivity contribution >= 4 is 43.7 Å². The minimum Gasteiger partial charge on any atom is -0.455 e. The molecule has 0 radical (unpaired) electrons. The number of halogens is 3. The molecular formula is C26H10F3N3O. The van der Waals surface area contributed by atoms with Crippen LogP contribution in [0, 0.1) is 40.1 Å². The molecule has 156 valence electrons. The third-order valence-electron chi connectivity index (χ3n) is 5.93. The lowest BCUT2D eigenvalue weighted by Crippen LogP contribution is -2.09. The summed E-state index contributed by atoms with van der Waals surface area (Å²) < 4.78 is 51.5. The molecule has 0 saturated heterocycles. The third-order valence-corrected chi connectivity index (χ3v) is 5.93. The summed E-state index contributed by atoms with van der Waals surface area (Å²) in [4.78, 5) is 0. The van der Waals surface area contributed by atoms with Gasteiger partial charge in [0.05, 0.1) is 16.4 Å². The van der Waals surface area contributed by atoms with Gasteiger partial charge in [-0.2, -0.15) is 10.5 Å². The van der Waals surface area contributed by atoms with Gasteiger partial charge in [0.2, 0.25) is 0 Å². The zero-order valence-electron chi connectivity index (χ0n) is 16.7. The minimum absolute atomic E-state index is 0.424. The highest BCUT2D eigenvalue weighted by Gasteiger charge is 2.29. The van der Waals surface area contributed by atoms with Crippen molar-refractivity contribution in [1.82, 2.24) is 4.57 Å². The molecule has 4 aromatic carbocycles. The summed E-state index contributed by atoms with van der Waals surface area (Å²) in [5.74, 6) is -5.04.